The fraction of sp³-hybridized carbons (Fsp3) is 0.909. The van der Waals surface area contributed by atoms with E-state index in [1.165, 1.54) is 0 Å². The van der Waals surface area contributed by atoms with Crippen LogP contribution in [-0.2, 0) is 4.79 Å². The van der Waals surface area contributed by atoms with E-state index in [1.807, 2.05) is 14.0 Å². The molecule has 0 spiro atoms. The molecule has 1 amide bonds. The second kappa shape index (κ2) is 5.47. The van der Waals surface area contributed by atoms with E-state index in [0.717, 1.165) is 19.5 Å². The van der Waals surface area contributed by atoms with E-state index >= 15 is 0 Å². The number of carbonyl (C=O) groups excluding carboxylic acids is 1. The number of hydrogen-bond acceptors (Lipinski definition) is 3. The van der Waals surface area contributed by atoms with E-state index in [1.54, 1.807) is 4.90 Å². The molecule has 1 saturated heterocycles. The average Bonchev–Trinajstić information content (AvgIpc) is 2.57. The first-order valence-corrected chi connectivity index (χ1v) is 5.69. The fourth-order valence-corrected chi connectivity index (χ4v) is 2.05. The van der Waals surface area contributed by atoms with Crippen LogP contribution in [0, 0.1) is 5.92 Å². The monoisotopic (exact) mass is 214 g/mol. The Bertz CT molecular complexity index is 221. The topological polar surface area (TPSA) is 43.8 Å². The van der Waals surface area contributed by atoms with Crippen LogP contribution in [0.2, 0.25) is 0 Å². The van der Waals surface area contributed by atoms with Gasteiger partial charge < -0.3 is 10.0 Å². The molecular formula is C11H22N2O2. The molecule has 1 heterocycles. The molecule has 0 aromatic carbocycles. The number of amides is 1. The second-order valence-corrected chi connectivity index (χ2v) is 4.39. The van der Waals surface area contributed by atoms with Crippen LogP contribution in [0.15, 0.2) is 0 Å². The summed E-state index contributed by atoms with van der Waals surface area (Å²) in [5.41, 5.74) is 0. The van der Waals surface area contributed by atoms with Crippen molar-refractivity contribution in [1.82, 2.24) is 9.80 Å². The molecule has 1 aliphatic heterocycles. The quantitative estimate of drug-likeness (QED) is 0.725. The second-order valence-electron chi connectivity index (χ2n) is 4.39. The minimum atomic E-state index is 0.144. The van der Waals surface area contributed by atoms with Crippen LogP contribution in [0.4, 0.5) is 0 Å². The van der Waals surface area contributed by atoms with E-state index < -0.39 is 0 Å². The highest BCUT2D eigenvalue weighted by molar-refractivity contribution is 5.78. The van der Waals surface area contributed by atoms with Gasteiger partial charge in [-0.25, -0.2) is 0 Å². The van der Waals surface area contributed by atoms with Crippen molar-refractivity contribution in [3.05, 3.63) is 0 Å². The molecule has 1 fully saturated rings. The van der Waals surface area contributed by atoms with Crippen molar-refractivity contribution in [3.63, 3.8) is 0 Å². The number of aliphatic hydroxyl groups is 1. The predicted octanol–water partition coefficient (Wildman–Crippen LogP) is 0.167. The number of carbonyl (C=O) groups is 1. The standard InChI is InChI=1S/C11H22N2O2/c1-4-12(3)11(15)7-13-6-5-9(2)10(13)8-14/h9-10,14H,4-8H2,1-3H3. The number of likely N-dealkylation sites (N-methyl/N-ethyl adjacent to an activating group) is 1. The molecule has 1 aliphatic rings. The molecule has 4 heteroatoms. The smallest absolute Gasteiger partial charge is 0.236 e. The van der Waals surface area contributed by atoms with Gasteiger partial charge >= 0.3 is 0 Å². The summed E-state index contributed by atoms with van der Waals surface area (Å²) < 4.78 is 0. The van der Waals surface area contributed by atoms with Gasteiger partial charge in [-0.1, -0.05) is 6.92 Å². The molecule has 0 aliphatic carbocycles. The summed E-state index contributed by atoms with van der Waals surface area (Å²) in [5.74, 6) is 0.639. The Morgan fingerprint density at radius 2 is 2.27 bits per heavy atom. The first-order valence-electron chi connectivity index (χ1n) is 5.69. The third kappa shape index (κ3) is 2.92. The maximum Gasteiger partial charge on any atom is 0.236 e. The van der Waals surface area contributed by atoms with Crippen molar-refractivity contribution in [1.29, 1.82) is 0 Å². The molecule has 1 N–H and O–H groups in total. The van der Waals surface area contributed by atoms with Crippen LogP contribution >= 0.6 is 0 Å². The Balaban J connectivity index is 2.48. The molecule has 0 saturated carbocycles. The summed E-state index contributed by atoms with van der Waals surface area (Å²) in [4.78, 5) is 15.5. The van der Waals surface area contributed by atoms with E-state index in [9.17, 15) is 9.90 Å². The van der Waals surface area contributed by atoms with Crippen molar-refractivity contribution in [2.45, 2.75) is 26.3 Å². The van der Waals surface area contributed by atoms with Crippen LogP contribution in [0.25, 0.3) is 0 Å². The SMILES string of the molecule is CCN(C)C(=O)CN1CCC(C)C1CO. The van der Waals surface area contributed by atoms with Gasteiger partial charge in [0.1, 0.15) is 0 Å². The molecule has 0 bridgehead atoms. The zero-order chi connectivity index (χ0) is 11.4. The van der Waals surface area contributed by atoms with E-state index in [-0.39, 0.29) is 18.6 Å². The summed E-state index contributed by atoms with van der Waals surface area (Å²) in [7, 11) is 1.82. The lowest BCUT2D eigenvalue weighted by Gasteiger charge is -2.26. The van der Waals surface area contributed by atoms with E-state index in [2.05, 4.69) is 11.8 Å². The Labute approximate surface area is 91.9 Å². The van der Waals surface area contributed by atoms with Crippen molar-refractivity contribution in [3.8, 4) is 0 Å². The molecule has 0 aromatic rings. The van der Waals surface area contributed by atoms with E-state index in [0.29, 0.717) is 12.5 Å². The first kappa shape index (κ1) is 12.5. The third-order valence-electron chi connectivity index (χ3n) is 3.42. The van der Waals surface area contributed by atoms with Crippen molar-refractivity contribution >= 4 is 5.91 Å². The summed E-state index contributed by atoms with van der Waals surface area (Å²) >= 11 is 0. The van der Waals surface area contributed by atoms with Gasteiger partial charge in [0.25, 0.3) is 0 Å². The molecule has 2 atom stereocenters. The molecular weight excluding hydrogens is 192 g/mol. The lowest BCUT2D eigenvalue weighted by atomic mass is 10.0. The highest BCUT2D eigenvalue weighted by Crippen LogP contribution is 2.22. The van der Waals surface area contributed by atoms with E-state index in [4.69, 9.17) is 0 Å². The normalized spacial score (nSPS) is 26.9. The first-order chi connectivity index (χ1) is 7.10. The predicted molar refractivity (Wildman–Crippen MR) is 59.5 cm³/mol. The van der Waals surface area contributed by atoms with Gasteiger partial charge in [-0.05, 0) is 25.8 Å². The van der Waals surface area contributed by atoms with Gasteiger partial charge in [0.05, 0.1) is 13.2 Å². The number of nitrogens with zero attached hydrogens (tertiary/aromatic N) is 2. The Morgan fingerprint density at radius 1 is 1.60 bits per heavy atom. The lowest BCUT2D eigenvalue weighted by Crippen LogP contribution is -2.43. The van der Waals surface area contributed by atoms with Gasteiger partial charge in [-0.15, -0.1) is 0 Å². The van der Waals surface area contributed by atoms with Gasteiger partial charge in [-0.2, -0.15) is 0 Å². The Morgan fingerprint density at radius 3 is 2.80 bits per heavy atom. The molecule has 1 rings (SSSR count). The summed E-state index contributed by atoms with van der Waals surface area (Å²) in [6, 6.07) is 0.166. The summed E-state index contributed by atoms with van der Waals surface area (Å²) in [6.07, 6.45) is 1.08. The highest BCUT2D eigenvalue weighted by Gasteiger charge is 2.31. The maximum atomic E-state index is 11.7. The van der Waals surface area contributed by atoms with Gasteiger partial charge in [0.15, 0.2) is 0 Å². The minimum Gasteiger partial charge on any atom is -0.395 e. The molecule has 0 aromatic heterocycles. The zero-order valence-electron chi connectivity index (χ0n) is 9.94. The van der Waals surface area contributed by atoms with Crippen LogP contribution < -0.4 is 0 Å². The number of aliphatic hydroxyl groups excluding tert-OH is 1. The molecule has 88 valence electrons. The lowest BCUT2D eigenvalue weighted by molar-refractivity contribution is -0.131. The number of rotatable bonds is 4. The molecule has 2 unspecified atom stereocenters. The van der Waals surface area contributed by atoms with Gasteiger partial charge in [0.2, 0.25) is 5.91 Å². The average molecular weight is 214 g/mol. The van der Waals surface area contributed by atoms with Gasteiger partial charge in [0, 0.05) is 19.6 Å². The minimum absolute atomic E-state index is 0.144. The highest BCUT2D eigenvalue weighted by atomic mass is 16.3. The van der Waals surface area contributed by atoms with Crippen LogP contribution in [0.5, 0.6) is 0 Å². The van der Waals surface area contributed by atoms with Crippen LogP contribution in [0.3, 0.4) is 0 Å². The van der Waals surface area contributed by atoms with Crippen molar-refractivity contribution in [2.75, 3.05) is 33.3 Å². The largest absolute Gasteiger partial charge is 0.395 e. The van der Waals surface area contributed by atoms with Crippen LogP contribution in [0.1, 0.15) is 20.3 Å². The zero-order valence-corrected chi connectivity index (χ0v) is 9.94. The Hall–Kier alpha value is -0.610. The molecule has 0 radical (unpaired) electrons. The summed E-state index contributed by atoms with van der Waals surface area (Å²) in [6.45, 7) is 6.37. The third-order valence-corrected chi connectivity index (χ3v) is 3.42. The maximum absolute atomic E-state index is 11.7. The number of hydrogen-bond donors (Lipinski definition) is 1. The molecule has 4 nitrogen and oxygen atoms in total. The summed E-state index contributed by atoms with van der Waals surface area (Å²) in [5, 5.41) is 9.25. The number of likely N-dealkylation sites (tertiary alicyclic amines) is 1. The Kier molecular flexibility index (Phi) is 4.54. The van der Waals surface area contributed by atoms with Crippen molar-refractivity contribution < 1.29 is 9.90 Å². The van der Waals surface area contributed by atoms with Gasteiger partial charge in [-0.3, -0.25) is 9.69 Å². The fourth-order valence-electron chi connectivity index (χ4n) is 2.05. The van der Waals surface area contributed by atoms with Crippen LogP contribution in [-0.4, -0.2) is 60.1 Å². The van der Waals surface area contributed by atoms with Crippen molar-refractivity contribution in [2.24, 2.45) is 5.92 Å². The molecule has 15 heavy (non-hydrogen) atoms.